The maximum absolute atomic E-state index is 12.6. The molecule has 0 radical (unpaired) electrons. The number of alkyl halides is 3. The number of nitrogens with one attached hydrogen (secondary N) is 1. The number of amides is 1. The zero-order valence-electron chi connectivity index (χ0n) is 12.8. The van der Waals surface area contributed by atoms with Crippen LogP contribution < -0.4 is 10.1 Å². The van der Waals surface area contributed by atoms with E-state index < -0.39 is 23.8 Å². The van der Waals surface area contributed by atoms with Gasteiger partial charge in [-0.2, -0.15) is 13.2 Å². The molecule has 24 heavy (non-hydrogen) atoms. The summed E-state index contributed by atoms with van der Waals surface area (Å²) >= 11 is 0. The van der Waals surface area contributed by atoms with Crippen molar-refractivity contribution >= 4 is 5.91 Å². The molecule has 130 valence electrons. The first-order valence-corrected chi connectivity index (χ1v) is 7.08. The van der Waals surface area contributed by atoms with Gasteiger partial charge in [-0.3, -0.25) is 4.79 Å². The molecule has 1 aromatic carbocycles. The quantitative estimate of drug-likeness (QED) is 0.846. The first-order valence-electron chi connectivity index (χ1n) is 7.08. The van der Waals surface area contributed by atoms with Gasteiger partial charge in [-0.05, 0) is 31.2 Å². The molecule has 0 saturated carbocycles. The van der Waals surface area contributed by atoms with Crippen LogP contribution in [0.2, 0.25) is 0 Å². The number of ether oxygens (including phenoxy) is 1. The van der Waals surface area contributed by atoms with Gasteiger partial charge in [-0.25, -0.2) is 0 Å². The smallest absolute Gasteiger partial charge is 0.416 e. The molecule has 1 unspecified atom stereocenters. The molecule has 1 amide bonds. The summed E-state index contributed by atoms with van der Waals surface area (Å²) in [6.07, 6.45) is -4.18. The van der Waals surface area contributed by atoms with Crippen molar-refractivity contribution in [1.82, 2.24) is 5.32 Å². The van der Waals surface area contributed by atoms with Crippen LogP contribution in [0.5, 0.6) is 5.75 Å². The molecule has 5 nitrogen and oxygen atoms in total. The van der Waals surface area contributed by atoms with Crippen LogP contribution in [0.4, 0.5) is 13.2 Å². The van der Waals surface area contributed by atoms with Crippen molar-refractivity contribution < 1.29 is 32.2 Å². The summed E-state index contributed by atoms with van der Waals surface area (Å²) in [5.74, 6) is -0.367. The monoisotopic (exact) mass is 343 g/mol. The van der Waals surface area contributed by atoms with Crippen molar-refractivity contribution in [2.24, 2.45) is 0 Å². The van der Waals surface area contributed by atoms with Crippen LogP contribution in [-0.4, -0.2) is 30.3 Å². The van der Waals surface area contributed by atoms with Crippen LogP contribution >= 0.6 is 0 Å². The van der Waals surface area contributed by atoms with Crippen molar-refractivity contribution in [2.45, 2.75) is 19.2 Å². The number of furan rings is 1. The Morgan fingerprint density at radius 3 is 2.75 bits per heavy atom. The lowest BCUT2D eigenvalue weighted by atomic mass is 10.2. The lowest BCUT2D eigenvalue weighted by molar-refractivity contribution is -0.137. The third-order valence-corrected chi connectivity index (χ3v) is 3.17. The van der Waals surface area contributed by atoms with E-state index in [-0.39, 0.29) is 24.7 Å². The minimum absolute atomic E-state index is 0.0166. The molecule has 2 aromatic rings. The number of carbonyl (C=O) groups excluding carboxylic acids is 1. The fraction of sp³-hybridized carbons (Fsp3) is 0.312. The number of aryl methyl sites for hydroxylation is 1. The number of halogens is 3. The van der Waals surface area contributed by atoms with Gasteiger partial charge >= 0.3 is 6.18 Å². The van der Waals surface area contributed by atoms with Gasteiger partial charge in [0.25, 0.3) is 5.91 Å². The number of benzene rings is 1. The molecular weight excluding hydrogens is 327 g/mol. The van der Waals surface area contributed by atoms with Gasteiger partial charge in [0.2, 0.25) is 0 Å². The molecule has 8 heteroatoms. The van der Waals surface area contributed by atoms with E-state index in [1.165, 1.54) is 18.4 Å². The van der Waals surface area contributed by atoms with Crippen LogP contribution in [0.3, 0.4) is 0 Å². The van der Waals surface area contributed by atoms with E-state index in [4.69, 9.17) is 9.15 Å². The number of hydrogen-bond acceptors (Lipinski definition) is 4. The summed E-state index contributed by atoms with van der Waals surface area (Å²) in [6, 6.07) is 5.97. The molecule has 0 aliphatic rings. The Morgan fingerprint density at radius 1 is 1.38 bits per heavy atom. The molecule has 0 fully saturated rings. The van der Waals surface area contributed by atoms with Gasteiger partial charge in [0.05, 0.1) is 11.8 Å². The Bertz CT molecular complexity index is 697. The highest BCUT2D eigenvalue weighted by Crippen LogP contribution is 2.31. The van der Waals surface area contributed by atoms with E-state index in [0.717, 1.165) is 12.1 Å². The predicted molar refractivity (Wildman–Crippen MR) is 78.7 cm³/mol. The normalized spacial score (nSPS) is 12.7. The lowest BCUT2D eigenvalue weighted by Gasteiger charge is -2.14. The molecule has 1 heterocycles. The Balaban J connectivity index is 1.82. The van der Waals surface area contributed by atoms with Gasteiger partial charge < -0.3 is 19.6 Å². The van der Waals surface area contributed by atoms with Gasteiger partial charge in [0.1, 0.15) is 18.5 Å². The SMILES string of the molecule is Cc1ccoc1C(=O)NCC(O)COc1cccc(C(F)(F)F)c1. The van der Waals surface area contributed by atoms with E-state index in [1.807, 2.05) is 0 Å². The largest absolute Gasteiger partial charge is 0.491 e. The molecular formula is C16H16F3NO4. The molecule has 0 spiro atoms. The molecule has 1 aromatic heterocycles. The number of aliphatic hydroxyl groups excluding tert-OH is 1. The third kappa shape index (κ3) is 4.76. The highest BCUT2D eigenvalue weighted by atomic mass is 19.4. The van der Waals surface area contributed by atoms with Crippen LogP contribution in [0, 0.1) is 6.92 Å². The second-order valence-electron chi connectivity index (χ2n) is 5.13. The maximum Gasteiger partial charge on any atom is 0.416 e. The van der Waals surface area contributed by atoms with E-state index in [1.54, 1.807) is 13.0 Å². The van der Waals surface area contributed by atoms with Gasteiger partial charge in [0.15, 0.2) is 5.76 Å². The topological polar surface area (TPSA) is 71.7 Å². The van der Waals surface area contributed by atoms with Crippen LogP contribution in [-0.2, 0) is 6.18 Å². The molecule has 0 aliphatic carbocycles. The van der Waals surface area contributed by atoms with E-state index in [0.29, 0.717) is 5.56 Å². The summed E-state index contributed by atoms with van der Waals surface area (Å²) in [5, 5.41) is 12.2. The third-order valence-electron chi connectivity index (χ3n) is 3.17. The summed E-state index contributed by atoms with van der Waals surface area (Å²) in [6.45, 7) is 1.31. The summed E-state index contributed by atoms with van der Waals surface area (Å²) in [4.78, 5) is 11.8. The van der Waals surface area contributed by atoms with Gasteiger partial charge in [-0.15, -0.1) is 0 Å². The maximum atomic E-state index is 12.6. The molecule has 2 rings (SSSR count). The minimum Gasteiger partial charge on any atom is -0.491 e. The highest BCUT2D eigenvalue weighted by molar-refractivity contribution is 5.92. The van der Waals surface area contributed by atoms with Gasteiger partial charge in [-0.1, -0.05) is 6.07 Å². The molecule has 2 N–H and O–H groups in total. The summed E-state index contributed by atoms with van der Waals surface area (Å²) in [7, 11) is 0. The van der Waals surface area contributed by atoms with E-state index >= 15 is 0 Å². The van der Waals surface area contributed by atoms with Crippen molar-refractivity contribution in [2.75, 3.05) is 13.2 Å². The van der Waals surface area contributed by atoms with Crippen LogP contribution in [0.15, 0.2) is 41.0 Å². The van der Waals surface area contributed by atoms with Crippen molar-refractivity contribution in [1.29, 1.82) is 0 Å². The van der Waals surface area contributed by atoms with E-state index in [2.05, 4.69) is 5.32 Å². The fourth-order valence-electron chi connectivity index (χ4n) is 1.91. The van der Waals surface area contributed by atoms with E-state index in [9.17, 15) is 23.1 Å². The zero-order chi connectivity index (χ0) is 17.7. The first-order chi connectivity index (χ1) is 11.3. The van der Waals surface area contributed by atoms with Gasteiger partial charge in [0, 0.05) is 12.1 Å². The molecule has 0 saturated heterocycles. The molecule has 0 aliphatic heterocycles. The second kappa shape index (κ2) is 7.39. The molecule has 1 atom stereocenters. The first kappa shape index (κ1) is 17.9. The number of rotatable bonds is 6. The van der Waals surface area contributed by atoms with Crippen LogP contribution in [0.1, 0.15) is 21.7 Å². The minimum atomic E-state index is -4.47. The second-order valence-corrected chi connectivity index (χ2v) is 5.13. The van der Waals surface area contributed by atoms with Crippen molar-refractivity contribution in [3.8, 4) is 5.75 Å². The average molecular weight is 343 g/mol. The number of carbonyl (C=O) groups is 1. The number of aliphatic hydroxyl groups is 1. The molecule has 0 bridgehead atoms. The Kier molecular flexibility index (Phi) is 5.50. The summed E-state index contributed by atoms with van der Waals surface area (Å²) < 4.78 is 47.9. The van der Waals surface area contributed by atoms with Crippen LogP contribution in [0.25, 0.3) is 0 Å². The zero-order valence-corrected chi connectivity index (χ0v) is 12.8. The highest BCUT2D eigenvalue weighted by Gasteiger charge is 2.30. The summed E-state index contributed by atoms with van der Waals surface area (Å²) in [5.41, 5.74) is -0.182. The Labute approximate surface area is 136 Å². The lowest BCUT2D eigenvalue weighted by Crippen LogP contribution is -2.35. The predicted octanol–water partition coefficient (Wildman–Crippen LogP) is 2.78. The average Bonchev–Trinajstić information content (AvgIpc) is 2.96. The number of hydrogen-bond donors (Lipinski definition) is 2. The van der Waals surface area contributed by atoms with Crippen molar-refractivity contribution in [3.05, 3.63) is 53.5 Å². The Hall–Kier alpha value is -2.48. The Morgan fingerprint density at radius 2 is 2.12 bits per heavy atom. The van der Waals surface area contributed by atoms with Crippen molar-refractivity contribution in [3.63, 3.8) is 0 Å². The standard InChI is InChI=1S/C16H16F3NO4/c1-10-5-6-23-14(10)15(22)20-8-12(21)9-24-13-4-2-3-11(7-13)16(17,18)19/h2-7,12,21H,8-9H2,1H3,(H,20,22). The fourth-order valence-corrected chi connectivity index (χ4v) is 1.91.